The molecule has 0 amide bonds. The zero-order chi connectivity index (χ0) is 21.3. The van der Waals surface area contributed by atoms with Crippen LogP contribution >= 0.6 is 11.3 Å². The van der Waals surface area contributed by atoms with Gasteiger partial charge in [0.05, 0.1) is 17.2 Å². The monoisotopic (exact) mass is 429 g/mol. The first-order chi connectivity index (χ1) is 14.5. The second-order valence-electron chi connectivity index (χ2n) is 8.04. The number of hydrogen-bond donors (Lipinski definition) is 1. The van der Waals surface area contributed by atoms with Crippen LogP contribution in [0.5, 0.6) is 5.75 Å². The third-order valence-electron chi connectivity index (χ3n) is 5.66. The van der Waals surface area contributed by atoms with Crippen LogP contribution in [0.25, 0.3) is 0 Å². The van der Waals surface area contributed by atoms with Gasteiger partial charge in [0.2, 0.25) is 0 Å². The average molecular weight is 430 g/mol. The molecule has 3 rings (SSSR count). The average Bonchev–Trinajstić information content (AvgIpc) is 3.15. The standard InChI is InChI=1S/C23H35N5OS/c1-18-7-5-6-8-22(18)29-14-13-27(4)23(24-3)25-15-20-9-11-28(12-10-20)16-21-17-30-19(2)26-21/h5-8,17,20H,9-16H2,1-4H3,(H,24,25). The molecule has 1 aromatic carbocycles. The van der Waals surface area contributed by atoms with E-state index in [0.29, 0.717) is 12.5 Å². The molecule has 1 aliphatic rings. The lowest BCUT2D eigenvalue weighted by Crippen LogP contribution is -2.44. The third kappa shape index (κ3) is 6.71. The molecule has 0 bridgehead atoms. The van der Waals surface area contributed by atoms with Crippen LogP contribution < -0.4 is 10.1 Å². The number of guanidine groups is 1. The van der Waals surface area contributed by atoms with E-state index in [4.69, 9.17) is 4.74 Å². The molecule has 0 spiro atoms. The fraction of sp³-hybridized carbons (Fsp3) is 0.565. The first-order valence-electron chi connectivity index (χ1n) is 10.8. The lowest BCUT2D eigenvalue weighted by Gasteiger charge is -2.32. The summed E-state index contributed by atoms with van der Waals surface area (Å²) < 4.78 is 5.92. The maximum absolute atomic E-state index is 5.92. The van der Waals surface area contributed by atoms with Gasteiger partial charge in [-0.15, -0.1) is 11.3 Å². The van der Waals surface area contributed by atoms with Crippen molar-refractivity contribution in [2.45, 2.75) is 33.2 Å². The third-order valence-corrected chi connectivity index (χ3v) is 6.48. The van der Waals surface area contributed by atoms with Crippen molar-refractivity contribution in [3.8, 4) is 5.75 Å². The highest BCUT2D eigenvalue weighted by Crippen LogP contribution is 2.19. The number of aliphatic imine (C=N–C) groups is 1. The molecule has 0 radical (unpaired) electrons. The van der Waals surface area contributed by atoms with E-state index in [2.05, 4.69) is 57.4 Å². The molecule has 2 heterocycles. The molecule has 1 aromatic heterocycles. The van der Waals surface area contributed by atoms with Gasteiger partial charge in [-0.25, -0.2) is 4.98 Å². The van der Waals surface area contributed by atoms with E-state index in [1.54, 1.807) is 11.3 Å². The minimum atomic E-state index is 0.635. The molecular formula is C23H35N5OS. The van der Waals surface area contributed by atoms with Crippen molar-refractivity contribution in [3.05, 3.63) is 45.9 Å². The molecule has 6 nitrogen and oxygen atoms in total. The van der Waals surface area contributed by atoms with E-state index < -0.39 is 0 Å². The van der Waals surface area contributed by atoms with Gasteiger partial charge in [0.15, 0.2) is 5.96 Å². The normalized spacial score (nSPS) is 15.9. The zero-order valence-corrected chi connectivity index (χ0v) is 19.5. The molecule has 0 saturated carbocycles. The number of thiazole rings is 1. The number of benzene rings is 1. The van der Waals surface area contributed by atoms with Crippen LogP contribution in [0, 0.1) is 19.8 Å². The lowest BCUT2D eigenvalue weighted by atomic mass is 9.97. The second-order valence-corrected chi connectivity index (χ2v) is 9.10. The Morgan fingerprint density at radius 2 is 2.07 bits per heavy atom. The van der Waals surface area contributed by atoms with Crippen LogP contribution in [-0.4, -0.2) is 67.6 Å². The summed E-state index contributed by atoms with van der Waals surface area (Å²) in [4.78, 5) is 13.7. The Morgan fingerprint density at radius 3 is 2.73 bits per heavy atom. The smallest absolute Gasteiger partial charge is 0.193 e. The quantitative estimate of drug-likeness (QED) is 0.514. The summed E-state index contributed by atoms with van der Waals surface area (Å²) in [5, 5.41) is 6.90. The summed E-state index contributed by atoms with van der Waals surface area (Å²) in [6.07, 6.45) is 2.43. The Hall–Kier alpha value is -2.12. The van der Waals surface area contributed by atoms with Crippen molar-refractivity contribution in [1.29, 1.82) is 0 Å². The Kier molecular flexibility index (Phi) is 8.51. The summed E-state index contributed by atoms with van der Waals surface area (Å²) >= 11 is 1.74. The Balaban J connectivity index is 1.35. The summed E-state index contributed by atoms with van der Waals surface area (Å²) in [5.41, 5.74) is 2.38. The molecule has 0 unspecified atom stereocenters. The van der Waals surface area contributed by atoms with Crippen LogP contribution in [-0.2, 0) is 6.54 Å². The van der Waals surface area contributed by atoms with Crippen LogP contribution in [0.2, 0.25) is 0 Å². The van der Waals surface area contributed by atoms with Gasteiger partial charge in [0, 0.05) is 32.6 Å². The fourth-order valence-corrected chi connectivity index (χ4v) is 4.40. The Bertz CT molecular complexity index is 813. The fourth-order valence-electron chi connectivity index (χ4n) is 3.80. The van der Waals surface area contributed by atoms with Crippen LogP contribution in [0.1, 0.15) is 29.1 Å². The summed E-state index contributed by atoms with van der Waals surface area (Å²) in [5.74, 6) is 2.57. The van der Waals surface area contributed by atoms with Crippen molar-refractivity contribution in [2.24, 2.45) is 10.9 Å². The number of piperidine rings is 1. The number of ether oxygens (including phenoxy) is 1. The van der Waals surface area contributed by atoms with Gasteiger partial charge < -0.3 is 15.0 Å². The molecule has 30 heavy (non-hydrogen) atoms. The summed E-state index contributed by atoms with van der Waals surface area (Å²) in [7, 11) is 3.91. The topological polar surface area (TPSA) is 53.0 Å². The molecule has 7 heteroatoms. The number of likely N-dealkylation sites (N-methyl/N-ethyl adjacent to an activating group) is 1. The van der Waals surface area contributed by atoms with Crippen LogP contribution in [0.4, 0.5) is 0 Å². The number of para-hydroxylation sites is 1. The lowest BCUT2D eigenvalue weighted by molar-refractivity contribution is 0.176. The molecule has 0 atom stereocenters. The first-order valence-corrected chi connectivity index (χ1v) is 11.7. The number of rotatable bonds is 8. The predicted molar refractivity (Wildman–Crippen MR) is 126 cm³/mol. The van der Waals surface area contributed by atoms with E-state index in [9.17, 15) is 0 Å². The minimum Gasteiger partial charge on any atom is -0.491 e. The molecule has 0 aliphatic carbocycles. The predicted octanol–water partition coefficient (Wildman–Crippen LogP) is 3.56. The first kappa shape index (κ1) is 22.6. The highest BCUT2D eigenvalue weighted by molar-refractivity contribution is 7.09. The van der Waals surface area contributed by atoms with Gasteiger partial charge >= 0.3 is 0 Å². The number of likely N-dealkylation sites (tertiary alicyclic amines) is 1. The highest BCUT2D eigenvalue weighted by atomic mass is 32.1. The molecule has 2 aromatic rings. The molecule has 1 N–H and O–H groups in total. The van der Waals surface area contributed by atoms with E-state index in [1.807, 2.05) is 25.2 Å². The Labute approximate surface area is 185 Å². The number of hydrogen-bond acceptors (Lipinski definition) is 5. The minimum absolute atomic E-state index is 0.635. The largest absolute Gasteiger partial charge is 0.491 e. The number of nitrogens with zero attached hydrogens (tertiary/aromatic N) is 4. The maximum atomic E-state index is 5.92. The highest BCUT2D eigenvalue weighted by Gasteiger charge is 2.20. The maximum Gasteiger partial charge on any atom is 0.193 e. The Morgan fingerprint density at radius 1 is 1.30 bits per heavy atom. The van der Waals surface area contributed by atoms with Crippen LogP contribution in [0.15, 0.2) is 34.6 Å². The van der Waals surface area contributed by atoms with Crippen molar-refractivity contribution >= 4 is 17.3 Å². The van der Waals surface area contributed by atoms with E-state index in [-0.39, 0.29) is 0 Å². The SMILES string of the molecule is CN=C(NCC1CCN(Cc2csc(C)n2)CC1)N(C)CCOc1ccccc1C. The summed E-state index contributed by atoms with van der Waals surface area (Å²) in [6, 6.07) is 8.13. The summed E-state index contributed by atoms with van der Waals surface area (Å²) in [6.45, 7) is 9.81. The number of aryl methyl sites for hydroxylation is 2. The van der Waals surface area contributed by atoms with E-state index >= 15 is 0 Å². The van der Waals surface area contributed by atoms with Crippen molar-refractivity contribution < 1.29 is 4.74 Å². The second kappa shape index (κ2) is 11.3. The van der Waals surface area contributed by atoms with Gasteiger partial charge in [0.25, 0.3) is 0 Å². The van der Waals surface area contributed by atoms with Crippen molar-refractivity contribution in [1.82, 2.24) is 20.1 Å². The molecule has 1 fully saturated rings. The van der Waals surface area contributed by atoms with Gasteiger partial charge in [-0.05, 0) is 57.3 Å². The van der Waals surface area contributed by atoms with Gasteiger partial charge in [-0.2, -0.15) is 0 Å². The molecule has 164 valence electrons. The van der Waals surface area contributed by atoms with Gasteiger partial charge in [0.1, 0.15) is 12.4 Å². The molecular weight excluding hydrogens is 394 g/mol. The van der Waals surface area contributed by atoms with Gasteiger partial charge in [-0.1, -0.05) is 18.2 Å². The molecule has 1 saturated heterocycles. The zero-order valence-electron chi connectivity index (χ0n) is 18.7. The number of aromatic nitrogens is 1. The molecule has 1 aliphatic heterocycles. The van der Waals surface area contributed by atoms with E-state index in [0.717, 1.165) is 49.4 Å². The van der Waals surface area contributed by atoms with E-state index in [1.165, 1.54) is 24.1 Å². The van der Waals surface area contributed by atoms with Crippen LogP contribution in [0.3, 0.4) is 0 Å². The van der Waals surface area contributed by atoms with Crippen molar-refractivity contribution in [3.63, 3.8) is 0 Å². The van der Waals surface area contributed by atoms with Gasteiger partial charge in [-0.3, -0.25) is 9.89 Å². The van der Waals surface area contributed by atoms with Crippen molar-refractivity contribution in [2.75, 3.05) is 46.9 Å². The number of nitrogens with one attached hydrogen (secondary N) is 1.